The van der Waals surface area contributed by atoms with Gasteiger partial charge in [-0.1, -0.05) is 30.0 Å². The quantitative estimate of drug-likeness (QED) is 0.901. The van der Waals surface area contributed by atoms with Crippen LogP contribution in [0.2, 0.25) is 0 Å². The number of aryl methyl sites for hydroxylation is 1. The van der Waals surface area contributed by atoms with Crippen LogP contribution in [-0.4, -0.2) is 16.1 Å². The number of nitrogens with zero attached hydrogens (tertiary/aromatic N) is 1. The molecule has 0 aliphatic heterocycles. The maximum atomic E-state index is 11.1. The molecule has 1 N–H and O–H groups in total. The highest BCUT2D eigenvalue weighted by Gasteiger charge is 2.11. The molecule has 0 unspecified atom stereocenters. The maximum Gasteiger partial charge on any atom is 0.336 e. The minimum Gasteiger partial charge on any atom is -0.478 e. The largest absolute Gasteiger partial charge is 0.478 e. The SMILES string of the molecule is Cc1cccnc1Sc1ccccc1C(=O)O. The van der Waals surface area contributed by atoms with Crippen LogP contribution in [0.25, 0.3) is 0 Å². The summed E-state index contributed by atoms with van der Waals surface area (Å²) in [6.45, 7) is 1.96. The monoisotopic (exact) mass is 245 g/mol. The summed E-state index contributed by atoms with van der Waals surface area (Å²) in [5.74, 6) is -0.915. The molecule has 0 bridgehead atoms. The number of pyridine rings is 1. The predicted molar refractivity (Wildman–Crippen MR) is 66.5 cm³/mol. The molecule has 1 aromatic heterocycles. The van der Waals surface area contributed by atoms with E-state index in [0.29, 0.717) is 10.5 Å². The van der Waals surface area contributed by atoms with Crippen molar-refractivity contribution in [2.45, 2.75) is 16.8 Å². The highest BCUT2D eigenvalue weighted by Crippen LogP contribution is 2.30. The van der Waals surface area contributed by atoms with Crippen LogP contribution in [0.1, 0.15) is 15.9 Å². The fourth-order valence-corrected chi connectivity index (χ4v) is 2.38. The van der Waals surface area contributed by atoms with Crippen LogP contribution in [-0.2, 0) is 0 Å². The third-order valence-corrected chi connectivity index (χ3v) is 3.48. The number of hydrogen-bond acceptors (Lipinski definition) is 3. The fraction of sp³-hybridized carbons (Fsp3) is 0.0769. The predicted octanol–water partition coefficient (Wildman–Crippen LogP) is 3.24. The van der Waals surface area contributed by atoms with Crippen molar-refractivity contribution >= 4 is 17.7 Å². The number of carboxylic acid groups (broad SMARTS) is 1. The van der Waals surface area contributed by atoms with Crippen LogP contribution < -0.4 is 0 Å². The lowest BCUT2D eigenvalue weighted by atomic mass is 10.2. The van der Waals surface area contributed by atoms with Gasteiger partial charge in [-0.15, -0.1) is 0 Å². The van der Waals surface area contributed by atoms with Crippen LogP contribution in [0, 0.1) is 6.92 Å². The number of benzene rings is 1. The molecule has 3 nitrogen and oxygen atoms in total. The summed E-state index contributed by atoms with van der Waals surface area (Å²) in [6.07, 6.45) is 1.71. The average molecular weight is 245 g/mol. The van der Waals surface area contributed by atoms with E-state index in [1.54, 1.807) is 24.4 Å². The van der Waals surface area contributed by atoms with Gasteiger partial charge in [-0.2, -0.15) is 0 Å². The molecule has 86 valence electrons. The maximum absolute atomic E-state index is 11.1. The Kier molecular flexibility index (Phi) is 3.44. The lowest BCUT2D eigenvalue weighted by molar-refractivity contribution is 0.0693. The highest BCUT2D eigenvalue weighted by molar-refractivity contribution is 7.99. The normalized spacial score (nSPS) is 10.2. The van der Waals surface area contributed by atoms with Gasteiger partial charge in [-0.3, -0.25) is 0 Å². The van der Waals surface area contributed by atoms with E-state index in [1.165, 1.54) is 11.8 Å². The van der Waals surface area contributed by atoms with E-state index in [1.807, 2.05) is 25.1 Å². The number of carbonyl (C=O) groups is 1. The lowest BCUT2D eigenvalue weighted by Gasteiger charge is -2.06. The fourth-order valence-electron chi connectivity index (χ4n) is 1.41. The molecule has 4 heteroatoms. The third-order valence-electron chi connectivity index (χ3n) is 2.29. The lowest BCUT2D eigenvalue weighted by Crippen LogP contribution is -1.98. The molecule has 0 radical (unpaired) electrons. The van der Waals surface area contributed by atoms with Gasteiger partial charge in [-0.25, -0.2) is 9.78 Å². The second kappa shape index (κ2) is 5.01. The summed E-state index contributed by atoms with van der Waals surface area (Å²) in [4.78, 5) is 16.0. The molecular weight excluding hydrogens is 234 g/mol. The number of aromatic carboxylic acids is 1. The first-order valence-corrected chi connectivity index (χ1v) is 5.92. The van der Waals surface area contributed by atoms with E-state index in [4.69, 9.17) is 5.11 Å². The Balaban J connectivity index is 2.37. The summed E-state index contributed by atoms with van der Waals surface area (Å²) < 4.78 is 0. The van der Waals surface area contributed by atoms with Gasteiger partial charge < -0.3 is 5.11 Å². The Hall–Kier alpha value is -1.81. The van der Waals surface area contributed by atoms with Crippen LogP contribution >= 0.6 is 11.8 Å². The number of rotatable bonds is 3. The first-order valence-electron chi connectivity index (χ1n) is 5.10. The van der Waals surface area contributed by atoms with Crippen molar-refractivity contribution < 1.29 is 9.90 Å². The van der Waals surface area contributed by atoms with E-state index in [0.717, 1.165) is 10.6 Å². The molecule has 17 heavy (non-hydrogen) atoms. The Morgan fingerprint density at radius 1 is 1.24 bits per heavy atom. The van der Waals surface area contributed by atoms with E-state index >= 15 is 0 Å². The summed E-state index contributed by atoms with van der Waals surface area (Å²) in [7, 11) is 0. The zero-order chi connectivity index (χ0) is 12.3. The standard InChI is InChI=1S/C13H11NO2S/c1-9-5-4-8-14-12(9)17-11-7-3-2-6-10(11)13(15)16/h2-8H,1H3,(H,15,16). The van der Waals surface area contributed by atoms with Gasteiger partial charge in [0.05, 0.1) is 5.56 Å². The number of carboxylic acids is 1. The van der Waals surface area contributed by atoms with Crippen LogP contribution in [0.5, 0.6) is 0 Å². The molecule has 1 heterocycles. The molecule has 2 aromatic rings. The van der Waals surface area contributed by atoms with Gasteiger partial charge in [0, 0.05) is 11.1 Å². The van der Waals surface area contributed by atoms with Crippen molar-refractivity contribution in [1.82, 2.24) is 4.98 Å². The number of aromatic nitrogens is 1. The molecule has 2 rings (SSSR count). The van der Waals surface area contributed by atoms with Crippen molar-refractivity contribution in [3.05, 3.63) is 53.7 Å². The zero-order valence-electron chi connectivity index (χ0n) is 9.25. The van der Waals surface area contributed by atoms with Crippen molar-refractivity contribution in [3.8, 4) is 0 Å². The highest BCUT2D eigenvalue weighted by atomic mass is 32.2. The Morgan fingerprint density at radius 3 is 2.71 bits per heavy atom. The van der Waals surface area contributed by atoms with Crippen molar-refractivity contribution in [3.63, 3.8) is 0 Å². The minimum absolute atomic E-state index is 0.308. The van der Waals surface area contributed by atoms with Gasteiger partial charge >= 0.3 is 5.97 Å². The van der Waals surface area contributed by atoms with Crippen LogP contribution in [0.15, 0.2) is 52.5 Å². The van der Waals surface area contributed by atoms with Gasteiger partial charge in [0.15, 0.2) is 0 Å². The molecule has 0 saturated carbocycles. The van der Waals surface area contributed by atoms with Gasteiger partial charge in [0.25, 0.3) is 0 Å². The van der Waals surface area contributed by atoms with Crippen molar-refractivity contribution in [1.29, 1.82) is 0 Å². The van der Waals surface area contributed by atoms with Gasteiger partial charge in [0.1, 0.15) is 5.03 Å². The van der Waals surface area contributed by atoms with Crippen molar-refractivity contribution in [2.24, 2.45) is 0 Å². The van der Waals surface area contributed by atoms with E-state index in [-0.39, 0.29) is 0 Å². The molecule has 1 aromatic carbocycles. The van der Waals surface area contributed by atoms with Crippen LogP contribution in [0.3, 0.4) is 0 Å². The Bertz CT molecular complexity index is 555. The summed E-state index contributed by atoms with van der Waals surface area (Å²) in [5.41, 5.74) is 1.35. The molecule has 0 amide bonds. The van der Waals surface area contributed by atoms with E-state index < -0.39 is 5.97 Å². The van der Waals surface area contributed by atoms with E-state index in [2.05, 4.69) is 4.98 Å². The molecule has 0 aliphatic carbocycles. The minimum atomic E-state index is -0.915. The molecular formula is C13H11NO2S. The molecule has 0 atom stereocenters. The molecule has 0 spiro atoms. The zero-order valence-corrected chi connectivity index (χ0v) is 10.1. The topological polar surface area (TPSA) is 50.2 Å². The van der Waals surface area contributed by atoms with Crippen LogP contribution in [0.4, 0.5) is 0 Å². The first-order chi connectivity index (χ1) is 8.18. The Morgan fingerprint density at radius 2 is 2.00 bits per heavy atom. The second-order valence-corrected chi connectivity index (χ2v) is 4.56. The smallest absolute Gasteiger partial charge is 0.336 e. The summed E-state index contributed by atoms with van der Waals surface area (Å²) >= 11 is 1.38. The summed E-state index contributed by atoms with van der Waals surface area (Å²) in [6, 6.07) is 10.8. The van der Waals surface area contributed by atoms with Gasteiger partial charge in [0.2, 0.25) is 0 Å². The van der Waals surface area contributed by atoms with Gasteiger partial charge in [-0.05, 0) is 30.7 Å². The first kappa shape index (κ1) is 11.7. The molecule has 0 aliphatic rings. The molecule has 0 saturated heterocycles. The number of hydrogen-bond donors (Lipinski definition) is 1. The second-order valence-electron chi connectivity index (χ2n) is 3.53. The Labute approximate surface area is 104 Å². The summed E-state index contributed by atoms with van der Waals surface area (Å²) in [5, 5.41) is 9.91. The molecule has 0 fully saturated rings. The van der Waals surface area contributed by atoms with E-state index in [9.17, 15) is 4.79 Å². The van der Waals surface area contributed by atoms with Crippen molar-refractivity contribution in [2.75, 3.05) is 0 Å². The third kappa shape index (κ3) is 2.65. The average Bonchev–Trinajstić information content (AvgIpc) is 2.32.